The van der Waals surface area contributed by atoms with E-state index in [9.17, 15) is 0 Å². The second-order valence-electron chi connectivity index (χ2n) is 31.1. The van der Waals surface area contributed by atoms with E-state index in [1.807, 2.05) is 41.9 Å². The van der Waals surface area contributed by atoms with Crippen molar-refractivity contribution in [2.45, 2.75) is 377 Å². The van der Waals surface area contributed by atoms with Gasteiger partial charge < -0.3 is 42.6 Å². The van der Waals surface area contributed by atoms with Crippen LogP contribution >= 0.6 is 0 Å². The van der Waals surface area contributed by atoms with E-state index < -0.39 is 0 Å². The second kappa shape index (κ2) is 67.5. The standard InChI is InChI=1S/C15H28O.C11H22O.C10H20O.C10H22O.C9H20O.C8H16O.C8H18O.C7H16O.C6H14O/c1-2-16-12-13-8-10-15(11-9-13)14-6-4-3-5-7-14;1-10(12-2)11-8-6-4-3-5-7-9-11;1-9(11-2)10-7-5-3-4-6-8-10;1-5-10(6-2,7-3)9-11-8-4;1-5-9(4,6-2)8-10-7-3;1-2-9-7-8-5-3-4-6-8;1-5-8(3,4)7-9-6-2;1-5-8-6-7(2,3)4;1-4-7-5-6(2)3/h13-15H,2-12H2,1H3;10-11H,3-9H2,1-2H3;9-10H,3-8H2,1-2H3;5-9H2,1-4H3;5-8H2,1-4H3;8H,2-7H2,1H3;5-7H2,1-4H3;5-6H2,1-4H3;6H,4-5H2,1-3H3. The molecule has 5 aliphatic rings. The third kappa shape index (κ3) is 61.3. The SMILES string of the molecule is CCOCC(C)(C)C.CCOCC(C)(C)CC.CCOCC(C)(CC)CC.CCOCC(C)C.CCOCC(CC)(CC)CC.CCOCC1CCC(C2CCCCC2)CC1.CCOCC1CCCC1.COC(C)C1CCCCCC1.COC(C)C1CCCCCCC1. The Morgan fingerprint density at radius 1 is 0.312 bits per heavy atom. The monoisotopic (exact) mass is 1330 g/mol. The Labute approximate surface area is 586 Å². The van der Waals surface area contributed by atoms with Gasteiger partial charge >= 0.3 is 0 Å². The molecule has 0 aliphatic heterocycles. The Bertz CT molecular complexity index is 1400. The third-order valence-corrected chi connectivity index (χ3v) is 21.2. The molecule has 0 aromatic carbocycles. The molecule has 0 spiro atoms. The normalized spacial score (nSPS) is 19.4. The van der Waals surface area contributed by atoms with Crippen molar-refractivity contribution in [1.82, 2.24) is 0 Å². The lowest BCUT2D eigenvalue weighted by Crippen LogP contribution is -2.25. The van der Waals surface area contributed by atoms with E-state index >= 15 is 0 Å². The first kappa shape index (κ1) is 99.0. The van der Waals surface area contributed by atoms with E-state index in [0.717, 1.165) is 128 Å². The van der Waals surface area contributed by atoms with Crippen LogP contribution < -0.4 is 0 Å². The number of hydrogen-bond acceptors (Lipinski definition) is 9. The minimum absolute atomic E-state index is 0.329. The van der Waals surface area contributed by atoms with Crippen molar-refractivity contribution in [3.05, 3.63) is 0 Å². The second-order valence-corrected chi connectivity index (χ2v) is 31.1. The van der Waals surface area contributed by atoms with Gasteiger partial charge in [-0.25, -0.2) is 0 Å². The molecule has 0 amide bonds. The van der Waals surface area contributed by atoms with Crippen LogP contribution in [0.5, 0.6) is 0 Å². The summed E-state index contributed by atoms with van der Waals surface area (Å²) in [6, 6.07) is 0. The van der Waals surface area contributed by atoms with Crippen molar-refractivity contribution in [2.24, 2.45) is 63.1 Å². The Hall–Kier alpha value is -0.360. The molecule has 9 heteroatoms. The van der Waals surface area contributed by atoms with Crippen LogP contribution in [-0.4, -0.2) is 119 Å². The molecule has 0 aromatic heterocycles. The van der Waals surface area contributed by atoms with E-state index in [2.05, 4.69) is 132 Å². The lowest BCUT2D eigenvalue weighted by atomic mass is 9.71. The molecule has 5 aliphatic carbocycles. The first-order chi connectivity index (χ1) is 44.4. The number of methoxy groups -OCH3 is 2. The quantitative estimate of drug-likeness (QED) is 0.0630. The smallest absolute Gasteiger partial charge is 0.0571 e. The van der Waals surface area contributed by atoms with E-state index in [0.29, 0.717) is 39.8 Å². The molecule has 0 bridgehead atoms. The fourth-order valence-electron chi connectivity index (χ4n) is 12.7. The van der Waals surface area contributed by atoms with Gasteiger partial charge in [0, 0.05) is 80.3 Å². The highest BCUT2D eigenvalue weighted by atomic mass is 16.5. The minimum atomic E-state index is 0.329. The zero-order valence-electron chi connectivity index (χ0n) is 68.4. The summed E-state index contributed by atoms with van der Waals surface area (Å²) in [6.07, 6.45) is 45.7. The molecule has 5 fully saturated rings. The number of rotatable bonds is 31. The molecule has 0 aromatic rings. The van der Waals surface area contributed by atoms with Crippen molar-refractivity contribution in [3.63, 3.8) is 0 Å². The summed E-state index contributed by atoms with van der Waals surface area (Å²) in [4.78, 5) is 0. The van der Waals surface area contributed by atoms with Gasteiger partial charge in [0.15, 0.2) is 0 Å². The Balaban J connectivity index is -0.000000484. The zero-order valence-corrected chi connectivity index (χ0v) is 68.4. The summed E-state index contributed by atoms with van der Waals surface area (Å²) in [6.45, 7) is 62.2. The molecule has 2 atom stereocenters. The maximum Gasteiger partial charge on any atom is 0.0571 e. The van der Waals surface area contributed by atoms with Gasteiger partial charge in [0.05, 0.1) is 38.6 Å². The maximum absolute atomic E-state index is 5.55. The van der Waals surface area contributed by atoms with Crippen molar-refractivity contribution in [2.75, 3.05) is 107 Å². The molecule has 0 heterocycles. The Morgan fingerprint density at radius 2 is 0.634 bits per heavy atom. The predicted molar refractivity (Wildman–Crippen MR) is 410 cm³/mol. The summed E-state index contributed by atoms with van der Waals surface area (Å²) in [5, 5.41) is 0. The Morgan fingerprint density at radius 3 is 0.957 bits per heavy atom. The summed E-state index contributed by atoms with van der Waals surface area (Å²) in [5.41, 5.74) is 1.57. The van der Waals surface area contributed by atoms with Crippen LogP contribution in [0.3, 0.4) is 0 Å². The summed E-state index contributed by atoms with van der Waals surface area (Å²) in [7, 11) is 3.67. The van der Waals surface area contributed by atoms with E-state index in [-0.39, 0.29) is 0 Å². The fraction of sp³-hybridized carbons (Fsp3) is 1.00. The van der Waals surface area contributed by atoms with E-state index in [1.165, 1.54) is 205 Å². The first-order valence-corrected chi connectivity index (χ1v) is 40.5. The zero-order chi connectivity index (χ0) is 71.1. The maximum atomic E-state index is 5.55. The minimum Gasteiger partial charge on any atom is -0.381 e. The molecule has 0 saturated heterocycles. The summed E-state index contributed by atoms with van der Waals surface area (Å²) in [5.74, 6) is 6.27. The van der Waals surface area contributed by atoms with Crippen molar-refractivity contribution in [3.8, 4) is 0 Å². The molecule has 0 radical (unpaired) electrons. The van der Waals surface area contributed by atoms with Gasteiger partial charge in [0.2, 0.25) is 0 Å². The molecule has 2 unspecified atom stereocenters. The van der Waals surface area contributed by atoms with Gasteiger partial charge in [0.25, 0.3) is 0 Å². The summed E-state index contributed by atoms with van der Waals surface area (Å²) < 4.78 is 48.0. The van der Waals surface area contributed by atoms with Crippen LogP contribution in [0.15, 0.2) is 0 Å². The molecular formula is C84H176O9. The van der Waals surface area contributed by atoms with Gasteiger partial charge in [-0.3, -0.25) is 0 Å². The summed E-state index contributed by atoms with van der Waals surface area (Å²) >= 11 is 0. The molecule has 93 heavy (non-hydrogen) atoms. The molecular weight excluding hydrogens is 1150 g/mol. The average molecular weight is 1330 g/mol. The van der Waals surface area contributed by atoms with Gasteiger partial charge in [-0.15, -0.1) is 0 Å². The van der Waals surface area contributed by atoms with Crippen LogP contribution in [0.4, 0.5) is 0 Å². The molecule has 5 rings (SSSR count). The van der Waals surface area contributed by atoms with Gasteiger partial charge in [-0.05, 0) is 228 Å². The predicted octanol–water partition coefficient (Wildman–Crippen LogP) is 25.3. The van der Waals surface area contributed by atoms with Crippen LogP contribution in [0.1, 0.15) is 365 Å². The van der Waals surface area contributed by atoms with Crippen LogP contribution in [0.2, 0.25) is 0 Å². The first-order valence-electron chi connectivity index (χ1n) is 40.5. The van der Waals surface area contributed by atoms with Gasteiger partial charge in [-0.1, -0.05) is 200 Å². The lowest BCUT2D eigenvalue weighted by Gasteiger charge is -2.35. The molecule has 0 N–H and O–H groups in total. The fourth-order valence-corrected chi connectivity index (χ4v) is 12.7. The van der Waals surface area contributed by atoms with Crippen molar-refractivity contribution >= 4 is 0 Å². The van der Waals surface area contributed by atoms with Crippen LogP contribution in [0.25, 0.3) is 0 Å². The highest BCUT2D eigenvalue weighted by Crippen LogP contribution is 2.40. The highest BCUT2D eigenvalue weighted by molar-refractivity contribution is 4.80. The van der Waals surface area contributed by atoms with Gasteiger partial charge in [0.1, 0.15) is 0 Å². The highest BCUT2D eigenvalue weighted by Gasteiger charge is 2.29. The van der Waals surface area contributed by atoms with Crippen molar-refractivity contribution < 1.29 is 42.6 Å². The molecule has 5 saturated carbocycles. The van der Waals surface area contributed by atoms with Gasteiger partial charge in [-0.2, -0.15) is 0 Å². The molecule has 566 valence electrons. The molecule has 9 nitrogen and oxygen atoms in total. The van der Waals surface area contributed by atoms with E-state index in [1.54, 1.807) is 0 Å². The lowest BCUT2D eigenvalue weighted by molar-refractivity contribution is 0.0421. The van der Waals surface area contributed by atoms with E-state index in [4.69, 9.17) is 42.6 Å². The number of hydrogen-bond donors (Lipinski definition) is 0. The average Bonchev–Trinajstić information content (AvgIpc) is 3.28. The van der Waals surface area contributed by atoms with Crippen molar-refractivity contribution in [1.29, 1.82) is 0 Å². The number of ether oxygens (including phenoxy) is 9. The van der Waals surface area contributed by atoms with Crippen LogP contribution in [-0.2, 0) is 42.6 Å². The topological polar surface area (TPSA) is 83.1 Å². The largest absolute Gasteiger partial charge is 0.381 e. The third-order valence-electron chi connectivity index (χ3n) is 21.2. The van der Waals surface area contributed by atoms with Crippen LogP contribution in [0, 0.1) is 63.1 Å². The Kier molecular flexibility index (Phi) is 71.8.